The van der Waals surface area contributed by atoms with Gasteiger partial charge in [-0.15, -0.1) is 0 Å². The van der Waals surface area contributed by atoms with Crippen molar-refractivity contribution < 1.29 is 19.0 Å². The van der Waals surface area contributed by atoms with Gasteiger partial charge in [0.15, 0.2) is 0 Å². The van der Waals surface area contributed by atoms with Crippen molar-refractivity contribution in [3.63, 3.8) is 0 Å². The summed E-state index contributed by atoms with van der Waals surface area (Å²) in [5, 5.41) is 5.91. The van der Waals surface area contributed by atoms with Gasteiger partial charge in [0.05, 0.1) is 31.5 Å². The maximum Gasteiger partial charge on any atom is 0.319 e. The molecule has 2 aromatic rings. The van der Waals surface area contributed by atoms with Crippen LogP contribution in [0.4, 0.5) is 10.5 Å². The average molecular weight is 379 g/mol. The zero-order chi connectivity index (χ0) is 18.9. The quantitative estimate of drug-likeness (QED) is 0.673. The molecule has 0 aliphatic carbocycles. The summed E-state index contributed by atoms with van der Waals surface area (Å²) in [7, 11) is 3.01. The van der Waals surface area contributed by atoms with E-state index in [0.29, 0.717) is 41.8 Å². The minimum atomic E-state index is -0.344. The van der Waals surface area contributed by atoms with Gasteiger partial charge in [0.2, 0.25) is 0 Å². The van der Waals surface area contributed by atoms with Gasteiger partial charge in [0, 0.05) is 18.7 Å². The molecule has 0 unspecified atom stereocenters. The van der Waals surface area contributed by atoms with Crippen LogP contribution in [0.5, 0.6) is 17.2 Å². The fourth-order valence-corrected chi connectivity index (χ4v) is 2.53. The number of hydrogen-bond donors (Lipinski definition) is 2. The van der Waals surface area contributed by atoms with Crippen LogP contribution in [0.15, 0.2) is 36.4 Å². The third-order valence-corrected chi connectivity index (χ3v) is 3.98. The molecule has 26 heavy (non-hydrogen) atoms. The third kappa shape index (κ3) is 5.46. The topological polar surface area (TPSA) is 68.8 Å². The first-order chi connectivity index (χ1) is 12.5. The van der Waals surface area contributed by atoms with Crippen molar-refractivity contribution in [2.75, 3.05) is 32.7 Å². The predicted molar refractivity (Wildman–Crippen MR) is 103 cm³/mol. The molecule has 0 atom stereocenters. The molecule has 0 saturated carbocycles. The smallest absolute Gasteiger partial charge is 0.319 e. The Morgan fingerprint density at radius 3 is 2.50 bits per heavy atom. The van der Waals surface area contributed by atoms with Crippen LogP contribution in [-0.2, 0) is 0 Å². The Hall–Kier alpha value is -2.60. The van der Waals surface area contributed by atoms with Gasteiger partial charge >= 0.3 is 6.03 Å². The Labute approximate surface area is 158 Å². The Morgan fingerprint density at radius 2 is 1.81 bits per heavy atom. The van der Waals surface area contributed by atoms with E-state index in [9.17, 15) is 4.79 Å². The second kappa shape index (κ2) is 9.77. The average Bonchev–Trinajstić information content (AvgIpc) is 2.64. The van der Waals surface area contributed by atoms with Gasteiger partial charge in [-0.2, -0.15) is 0 Å². The predicted octanol–water partition coefficient (Wildman–Crippen LogP) is 4.26. The molecule has 6 nitrogen and oxygen atoms in total. The number of nitrogens with one attached hydrogen (secondary N) is 2. The van der Waals surface area contributed by atoms with E-state index in [0.717, 1.165) is 11.3 Å². The number of para-hydroxylation sites is 1. The summed E-state index contributed by atoms with van der Waals surface area (Å²) < 4.78 is 16.1. The number of halogens is 1. The number of methoxy groups -OCH3 is 2. The van der Waals surface area contributed by atoms with Crippen molar-refractivity contribution in [1.82, 2.24) is 5.32 Å². The van der Waals surface area contributed by atoms with Crippen molar-refractivity contribution in [2.24, 2.45) is 0 Å². The van der Waals surface area contributed by atoms with Crippen LogP contribution in [0.3, 0.4) is 0 Å². The number of carbonyl (C=O) groups excluding carboxylic acids is 1. The Bertz CT molecular complexity index is 752. The van der Waals surface area contributed by atoms with Gasteiger partial charge in [-0.3, -0.25) is 0 Å². The minimum Gasteiger partial charge on any atom is -0.495 e. The molecule has 0 bridgehead atoms. The summed E-state index contributed by atoms with van der Waals surface area (Å²) in [6.45, 7) is 2.99. The highest BCUT2D eigenvalue weighted by Crippen LogP contribution is 2.35. The molecule has 0 aromatic heterocycles. The number of hydrogen-bond acceptors (Lipinski definition) is 4. The molecule has 0 aliphatic heterocycles. The van der Waals surface area contributed by atoms with Crippen molar-refractivity contribution in [2.45, 2.75) is 13.3 Å². The highest BCUT2D eigenvalue weighted by Gasteiger charge is 2.12. The molecular weight excluding hydrogens is 356 g/mol. The van der Waals surface area contributed by atoms with Crippen LogP contribution < -0.4 is 24.8 Å². The van der Waals surface area contributed by atoms with Gasteiger partial charge < -0.3 is 24.8 Å². The standard InChI is InChI=1S/C19H23ClN2O4/c1-13-7-4-5-8-16(13)26-10-6-9-21-19(23)22-15-12-17(24-2)14(20)11-18(15)25-3/h4-5,7-8,11-12H,6,9-10H2,1-3H3,(H2,21,22,23). The summed E-state index contributed by atoms with van der Waals surface area (Å²) in [6.07, 6.45) is 0.683. The van der Waals surface area contributed by atoms with Crippen LogP contribution in [0.25, 0.3) is 0 Å². The molecule has 0 fully saturated rings. The maximum atomic E-state index is 12.1. The molecule has 140 valence electrons. The van der Waals surface area contributed by atoms with E-state index < -0.39 is 0 Å². The van der Waals surface area contributed by atoms with E-state index in [-0.39, 0.29) is 6.03 Å². The fraction of sp³-hybridized carbons (Fsp3) is 0.316. The van der Waals surface area contributed by atoms with Gasteiger partial charge in [-0.25, -0.2) is 4.79 Å². The number of aryl methyl sites for hydroxylation is 1. The lowest BCUT2D eigenvalue weighted by atomic mass is 10.2. The molecule has 2 N–H and O–H groups in total. The van der Waals surface area contributed by atoms with Crippen LogP contribution in [0, 0.1) is 6.92 Å². The fourth-order valence-electron chi connectivity index (χ4n) is 2.30. The largest absolute Gasteiger partial charge is 0.495 e. The lowest BCUT2D eigenvalue weighted by Gasteiger charge is -2.14. The third-order valence-electron chi connectivity index (χ3n) is 3.68. The highest BCUT2D eigenvalue weighted by atomic mass is 35.5. The van der Waals surface area contributed by atoms with Crippen molar-refractivity contribution in [1.29, 1.82) is 0 Å². The lowest BCUT2D eigenvalue weighted by Crippen LogP contribution is -2.30. The van der Waals surface area contributed by atoms with E-state index in [4.69, 9.17) is 25.8 Å². The first kappa shape index (κ1) is 19.7. The van der Waals surface area contributed by atoms with E-state index >= 15 is 0 Å². The Balaban J connectivity index is 1.79. The summed E-state index contributed by atoms with van der Waals surface area (Å²) in [5.74, 6) is 1.76. The van der Waals surface area contributed by atoms with Gasteiger partial charge in [0.1, 0.15) is 17.2 Å². The molecular formula is C19H23ClN2O4. The van der Waals surface area contributed by atoms with Crippen molar-refractivity contribution in [3.05, 3.63) is 47.0 Å². The molecule has 0 aliphatic rings. The molecule has 2 amide bonds. The Kier molecular flexibility index (Phi) is 7.41. The molecule has 0 spiro atoms. The number of amides is 2. The van der Waals surface area contributed by atoms with E-state index in [1.54, 1.807) is 12.1 Å². The number of ether oxygens (including phenoxy) is 3. The van der Waals surface area contributed by atoms with Crippen LogP contribution in [-0.4, -0.2) is 33.4 Å². The van der Waals surface area contributed by atoms with E-state index in [1.165, 1.54) is 14.2 Å². The van der Waals surface area contributed by atoms with Gasteiger partial charge in [0.25, 0.3) is 0 Å². The second-order valence-electron chi connectivity index (χ2n) is 5.54. The zero-order valence-electron chi connectivity index (χ0n) is 15.1. The highest BCUT2D eigenvalue weighted by molar-refractivity contribution is 6.32. The summed E-state index contributed by atoms with van der Waals surface area (Å²) in [4.78, 5) is 12.1. The number of carbonyl (C=O) groups is 1. The number of anilines is 1. The van der Waals surface area contributed by atoms with Gasteiger partial charge in [-0.05, 0) is 25.0 Å². The van der Waals surface area contributed by atoms with E-state index in [1.807, 2.05) is 31.2 Å². The molecule has 2 rings (SSSR count). The van der Waals surface area contributed by atoms with Crippen LogP contribution in [0.1, 0.15) is 12.0 Å². The van der Waals surface area contributed by atoms with Gasteiger partial charge in [-0.1, -0.05) is 29.8 Å². The van der Waals surface area contributed by atoms with Crippen molar-refractivity contribution in [3.8, 4) is 17.2 Å². The second-order valence-corrected chi connectivity index (χ2v) is 5.94. The number of rotatable bonds is 8. The SMILES string of the molecule is COc1cc(NC(=O)NCCCOc2ccccc2C)c(OC)cc1Cl. The molecule has 7 heteroatoms. The Morgan fingerprint density at radius 1 is 1.08 bits per heavy atom. The molecule has 0 heterocycles. The maximum absolute atomic E-state index is 12.1. The monoisotopic (exact) mass is 378 g/mol. The lowest BCUT2D eigenvalue weighted by molar-refractivity contribution is 0.250. The minimum absolute atomic E-state index is 0.344. The molecule has 0 saturated heterocycles. The summed E-state index contributed by atoms with van der Waals surface area (Å²) in [5.41, 5.74) is 1.56. The zero-order valence-corrected chi connectivity index (χ0v) is 15.9. The first-order valence-corrected chi connectivity index (χ1v) is 8.57. The number of urea groups is 1. The first-order valence-electron chi connectivity index (χ1n) is 8.20. The van der Waals surface area contributed by atoms with Crippen LogP contribution in [0.2, 0.25) is 5.02 Å². The molecule has 2 aromatic carbocycles. The van der Waals surface area contributed by atoms with Crippen molar-refractivity contribution >= 4 is 23.3 Å². The summed E-state index contributed by atoms with van der Waals surface area (Å²) in [6, 6.07) is 10.7. The number of benzene rings is 2. The molecule has 0 radical (unpaired) electrons. The normalized spacial score (nSPS) is 10.2. The van der Waals surface area contributed by atoms with Crippen LogP contribution >= 0.6 is 11.6 Å². The van der Waals surface area contributed by atoms with E-state index in [2.05, 4.69) is 10.6 Å². The summed E-state index contributed by atoms with van der Waals surface area (Å²) >= 11 is 6.05.